The number of amides is 3. The predicted octanol–water partition coefficient (Wildman–Crippen LogP) is 1.86. The first-order chi connectivity index (χ1) is 10.0. The van der Waals surface area contributed by atoms with Crippen molar-refractivity contribution in [3.63, 3.8) is 0 Å². The molecule has 0 atom stereocenters. The Morgan fingerprint density at radius 3 is 2.52 bits per heavy atom. The summed E-state index contributed by atoms with van der Waals surface area (Å²) in [6, 6.07) is 7.58. The summed E-state index contributed by atoms with van der Waals surface area (Å²) in [5, 5.41) is 0. The lowest BCUT2D eigenvalue weighted by molar-refractivity contribution is 0.0566. The van der Waals surface area contributed by atoms with E-state index in [0.717, 1.165) is 0 Å². The number of pyridine rings is 1. The molecule has 0 saturated carbocycles. The Hall–Kier alpha value is -2.54. The first-order valence-corrected chi connectivity index (χ1v) is 6.73. The van der Waals surface area contributed by atoms with E-state index < -0.39 is 17.7 Å². The van der Waals surface area contributed by atoms with Crippen molar-refractivity contribution in [2.75, 3.05) is 5.73 Å². The van der Waals surface area contributed by atoms with E-state index in [1.807, 2.05) is 0 Å². The van der Waals surface area contributed by atoms with Gasteiger partial charge in [0.1, 0.15) is 4.60 Å². The molecule has 0 fully saturated rings. The molecular weight excluding hydrogens is 338 g/mol. The molecule has 1 aromatic heterocycles. The van der Waals surface area contributed by atoms with Gasteiger partial charge in [0.15, 0.2) is 0 Å². The SMILES string of the molecule is Nc1cccc2c1C(=O)N(C(=O)c1ccc(Br)nc1)C2=O. The first-order valence-electron chi connectivity index (χ1n) is 5.94. The number of nitrogens with two attached hydrogens (primary N) is 1. The highest BCUT2D eigenvalue weighted by molar-refractivity contribution is 9.10. The molecule has 3 amide bonds. The number of aromatic nitrogens is 1. The molecule has 0 unspecified atom stereocenters. The zero-order chi connectivity index (χ0) is 15.1. The highest BCUT2D eigenvalue weighted by atomic mass is 79.9. The van der Waals surface area contributed by atoms with Gasteiger partial charge in [-0.05, 0) is 40.2 Å². The molecule has 0 aliphatic carbocycles. The van der Waals surface area contributed by atoms with Gasteiger partial charge in [-0.2, -0.15) is 0 Å². The van der Waals surface area contributed by atoms with Crippen LogP contribution in [0, 0.1) is 0 Å². The van der Waals surface area contributed by atoms with Crippen LogP contribution in [-0.4, -0.2) is 27.6 Å². The van der Waals surface area contributed by atoms with Gasteiger partial charge in [-0.15, -0.1) is 0 Å². The van der Waals surface area contributed by atoms with Crippen LogP contribution < -0.4 is 5.73 Å². The van der Waals surface area contributed by atoms with Gasteiger partial charge < -0.3 is 5.73 Å². The average Bonchev–Trinajstić information content (AvgIpc) is 2.72. The number of hydrogen-bond donors (Lipinski definition) is 1. The third-order valence-corrected chi connectivity index (χ3v) is 3.59. The molecule has 2 N–H and O–H groups in total. The Balaban J connectivity index is 2.04. The second-order valence-electron chi connectivity index (χ2n) is 4.39. The summed E-state index contributed by atoms with van der Waals surface area (Å²) < 4.78 is 0.547. The lowest BCUT2D eigenvalue weighted by Gasteiger charge is -2.11. The topological polar surface area (TPSA) is 93.4 Å². The molecule has 3 rings (SSSR count). The van der Waals surface area contributed by atoms with Crippen molar-refractivity contribution < 1.29 is 14.4 Å². The van der Waals surface area contributed by atoms with E-state index >= 15 is 0 Å². The highest BCUT2D eigenvalue weighted by Crippen LogP contribution is 2.28. The Bertz CT molecular complexity index is 787. The number of anilines is 1. The maximum Gasteiger partial charge on any atom is 0.270 e. The number of rotatable bonds is 1. The molecule has 104 valence electrons. The fourth-order valence-electron chi connectivity index (χ4n) is 2.13. The summed E-state index contributed by atoms with van der Waals surface area (Å²) in [5.74, 6) is -2.10. The maximum absolute atomic E-state index is 12.3. The molecular formula is C14H8BrN3O3. The van der Waals surface area contributed by atoms with E-state index in [1.54, 1.807) is 12.1 Å². The molecule has 6 nitrogen and oxygen atoms in total. The molecule has 1 aliphatic rings. The smallest absolute Gasteiger partial charge is 0.270 e. The van der Waals surface area contributed by atoms with Crippen molar-refractivity contribution in [1.82, 2.24) is 9.88 Å². The van der Waals surface area contributed by atoms with Gasteiger partial charge in [-0.3, -0.25) is 14.4 Å². The number of imide groups is 3. The number of hydrogen-bond acceptors (Lipinski definition) is 5. The Kier molecular flexibility index (Phi) is 3.06. The molecule has 7 heteroatoms. The van der Waals surface area contributed by atoms with Crippen LogP contribution in [0.15, 0.2) is 41.1 Å². The van der Waals surface area contributed by atoms with Crippen molar-refractivity contribution in [3.05, 3.63) is 57.8 Å². The lowest BCUT2D eigenvalue weighted by atomic mass is 10.1. The second kappa shape index (κ2) is 4.78. The minimum Gasteiger partial charge on any atom is -0.398 e. The normalized spacial score (nSPS) is 13.5. The molecule has 0 spiro atoms. The maximum atomic E-state index is 12.3. The third-order valence-electron chi connectivity index (χ3n) is 3.12. The van der Waals surface area contributed by atoms with E-state index in [9.17, 15) is 14.4 Å². The molecule has 0 bridgehead atoms. The Morgan fingerprint density at radius 2 is 1.90 bits per heavy atom. The van der Waals surface area contributed by atoms with E-state index in [1.165, 1.54) is 24.4 Å². The molecule has 0 radical (unpaired) electrons. The van der Waals surface area contributed by atoms with Crippen LogP contribution >= 0.6 is 15.9 Å². The number of nitrogen functional groups attached to an aromatic ring is 1. The zero-order valence-electron chi connectivity index (χ0n) is 10.5. The van der Waals surface area contributed by atoms with Gasteiger partial charge in [-0.25, -0.2) is 9.88 Å². The number of halogens is 1. The number of carbonyl (C=O) groups is 3. The van der Waals surface area contributed by atoms with E-state index in [-0.39, 0.29) is 22.4 Å². The lowest BCUT2D eigenvalue weighted by Crippen LogP contribution is -2.36. The number of fused-ring (bicyclic) bond motifs is 1. The monoisotopic (exact) mass is 345 g/mol. The van der Waals surface area contributed by atoms with Crippen LogP contribution in [0.2, 0.25) is 0 Å². The van der Waals surface area contributed by atoms with Crippen molar-refractivity contribution in [2.24, 2.45) is 0 Å². The van der Waals surface area contributed by atoms with Crippen molar-refractivity contribution in [3.8, 4) is 0 Å². The van der Waals surface area contributed by atoms with Crippen molar-refractivity contribution in [2.45, 2.75) is 0 Å². The molecule has 1 aromatic carbocycles. The van der Waals surface area contributed by atoms with E-state index in [0.29, 0.717) is 9.50 Å². The standard InChI is InChI=1S/C14H8BrN3O3/c15-10-5-4-7(6-17-10)12(19)18-13(20)8-2-1-3-9(16)11(8)14(18)21/h1-6H,16H2. The van der Waals surface area contributed by atoms with Crippen molar-refractivity contribution >= 4 is 39.3 Å². The fraction of sp³-hybridized carbons (Fsp3) is 0. The quantitative estimate of drug-likeness (QED) is 0.483. The van der Waals surface area contributed by atoms with E-state index in [4.69, 9.17) is 5.73 Å². The van der Waals surface area contributed by atoms with Crippen LogP contribution in [0.4, 0.5) is 5.69 Å². The number of benzene rings is 1. The predicted molar refractivity (Wildman–Crippen MR) is 77.6 cm³/mol. The number of nitrogens with zero attached hydrogens (tertiary/aromatic N) is 2. The Morgan fingerprint density at radius 1 is 1.14 bits per heavy atom. The Labute approximate surface area is 127 Å². The average molecular weight is 346 g/mol. The van der Waals surface area contributed by atoms with Gasteiger partial charge in [-0.1, -0.05) is 6.07 Å². The summed E-state index contributed by atoms with van der Waals surface area (Å²) in [4.78, 5) is 41.4. The molecule has 2 heterocycles. The largest absolute Gasteiger partial charge is 0.398 e. The molecule has 2 aromatic rings. The van der Waals surface area contributed by atoms with Gasteiger partial charge in [0.05, 0.1) is 16.7 Å². The summed E-state index contributed by atoms with van der Waals surface area (Å²) in [6.07, 6.45) is 1.29. The van der Waals surface area contributed by atoms with Gasteiger partial charge in [0, 0.05) is 11.9 Å². The third kappa shape index (κ3) is 2.02. The summed E-state index contributed by atoms with van der Waals surface area (Å²) in [5.41, 5.74) is 6.24. The first kappa shape index (κ1) is 13.4. The van der Waals surface area contributed by atoms with E-state index in [2.05, 4.69) is 20.9 Å². The van der Waals surface area contributed by atoms with Crippen LogP contribution in [0.25, 0.3) is 0 Å². The van der Waals surface area contributed by atoms with Gasteiger partial charge in [0.2, 0.25) is 0 Å². The van der Waals surface area contributed by atoms with Crippen molar-refractivity contribution in [1.29, 1.82) is 0 Å². The molecule has 21 heavy (non-hydrogen) atoms. The van der Waals surface area contributed by atoms with Crippen LogP contribution in [0.3, 0.4) is 0 Å². The van der Waals surface area contributed by atoms with Gasteiger partial charge >= 0.3 is 0 Å². The summed E-state index contributed by atoms with van der Waals surface area (Å²) in [7, 11) is 0. The minimum absolute atomic E-state index is 0.0703. The van der Waals surface area contributed by atoms with Gasteiger partial charge in [0.25, 0.3) is 17.7 Å². The minimum atomic E-state index is -0.722. The van der Waals surface area contributed by atoms with Crippen LogP contribution in [-0.2, 0) is 0 Å². The summed E-state index contributed by atoms with van der Waals surface area (Å²) in [6.45, 7) is 0. The molecule has 1 aliphatic heterocycles. The summed E-state index contributed by atoms with van der Waals surface area (Å²) >= 11 is 3.15. The number of carbonyl (C=O) groups excluding carboxylic acids is 3. The van der Waals surface area contributed by atoms with Crippen LogP contribution in [0.1, 0.15) is 31.1 Å². The second-order valence-corrected chi connectivity index (χ2v) is 5.20. The highest BCUT2D eigenvalue weighted by Gasteiger charge is 2.41. The fourth-order valence-corrected chi connectivity index (χ4v) is 2.36. The zero-order valence-corrected chi connectivity index (χ0v) is 12.1. The molecule has 0 saturated heterocycles. The van der Waals surface area contributed by atoms with Crippen LogP contribution in [0.5, 0.6) is 0 Å².